The van der Waals surface area contributed by atoms with Crippen LogP contribution in [-0.2, 0) is 11.3 Å². The molecule has 1 saturated carbocycles. The lowest BCUT2D eigenvalue weighted by atomic mass is 9.83. The molecule has 0 radical (unpaired) electrons. The molecule has 2 N–H and O–H groups in total. The summed E-state index contributed by atoms with van der Waals surface area (Å²) in [4.78, 5) is 12.8. The van der Waals surface area contributed by atoms with Gasteiger partial charge < -0.3 is 15.4 Å². The summed E-state index contributed by atoms with van der Waals surface area (Å²) >= 11 is 0. The van der Waals surface area contributed by atoms with E-state index in [2.05, 4.69) is 31.7 Å². The van der Waals surface area contributed by atoms with Crippen molar-refractivity contribution >= 4 is 29.9 Å². The number of ether oxygens (including phenoxy) is 1. The minimum atomic E-state index is 0. The monoisotopic (exact) mass is 498 g/mol. The number of pyridine rings is 1. The van der Waals surface area contributed by atoms with Crippen molar-refractivity contribution < 1.29 is 4.74 Å². The van der Waals surface area contributed by atoms with E-state index in [9.17, 15) is 0 Å². The molecule has 8 heteroatoms. The molecule has 1 aliphatic carbocycles. The molecule has 154 valence electrons. The molecule has 7 nitrogen and oxygen atoms in total. The molecular weight excluding hydrogens is 467 g/mol. The smallest absolute Gasteiger partial charge is 0.191 e. The average Bonchev–Trinajstić information content (AvgIpc) is 3.40. The molecule has 1 aliphatic rings. The standard InChI is InChI=1S/C20H30N6O.HI/c1-21-19(25-15-20(8-12-27-2)6-3-4-7-20)24-14-17-5-9-23-18(13-17)26-11-10-22-16-26;/h5,9-11,13,16H,3-4,6-8,12,14-15H2,1-2H3,(H2,21,24,25);1H. The summed E-state index contributed by atoms with van der Waals surface area (Å²) in [7, 11) is 3.60. The van der Waals surface area contributed by atoms with Gasteiger partial charge in [-0.3, -0.25) is 9.56 Å². The number of halogens is 1. The van der Waals surface area contributed by atoms with Crippen molar-refractivity contribution in [3.63, 3.8) is 0 Å². The van der Waals surface area contributed by atoms with E-state index < -0.39 is 0 Å². The predicted molar refractivity (Wildman–Crippen MR) is 122 cm³/mol. The van der Waals surface area contributed by atoms with Crippen LogP contribution in [0.25, 0.3) is 5.82 Å². The van der Waals surface area contributed by atoms with Gasteiger partial charge in [0.25, 0.3) is 0 Å². The first-order valence-corrected chi connectivity index (χ1v) is 9.61. The van der Waals surface area contributed by atoms with Gasteiger partial charge >= 0.3 is 0 Å². The highest BCUT2D eigenvalue weighted by Gasteiger charge is 2.33. The van der Waals surface area contributed by atoms with E-state index in [4.69, 9.17) is 4.74 Å². The topological polar surface area (TPSA) is 76.4 Å². The quantitative estimate of drug-likeness (QED) is 0.332. The third-order valence-corrected chi connectivity index (χ3v) is 5.39. The van der Waals surface area contributed by atoms with Crippen LogP contribution in [0.5, 0.6) is 0 Å². The van der Waals surface area contributed by atoms with Crippen LogP contribution in [-0.4, -0.2) is 47.8 Å². The molecule has 2 aromatic rings. The van der Waals surface area contributed by atoms with E-state index in [-0.39, 0.29) is 24.0 Å². The minimum absolute atomic E-state index is 0. The van der Waals surface area contributed by atoms with Crippen LogP contribution in [0.3, 0.4) is 0 Å². The molecule has 0 saturated heterocycles. The van der Waals surface area contributed by atoms with Crippen molar-refractivity contribution in [1.82, 2.24) is 25.2 Å². The predicted octanol–water partition coefficient (Wildman–Crippen LogP) is 3.15. The van der Waals surface area contributed by atoms with Crippen molar-refractivity contribution in [2.45, 2.75) is 38.6 Å². The molecule has 1 fully saturated rings. The molecule has 0 bridgehead atoms. The lowest BCUT2D eigenvalue weighted by molar-refractivity contribution is 0.138. The Bertz CT molecular complexity index is 728. The third kappa shape index (κ3) is 6.16. The zero-order valence-corrected chi connectivity index (χ0v) is 19.1. The Morgan fingerprint density at radius 3 is 2.79 bits per heavy atom. The molecule has 0 aliphatic heterocycles. The van der Waals surface area contributed by atoms with Crippen molar-refractivity contribution in [1.29, 1.82) is 0 Å². The fourth-order valence-electron chi connectivity index (χ4n) is 3.74. The molecule has 0 amide bonds. The number of rotatable bonds is 8. The number of nitrogens with zero attached hydrogens (tertiary/aromatic N) is 4. The SMILES string of the molecule is CN=C(NCc1ccnc(-n2ccnc2)c1)NCC1(CCOC)CCCC1.I. The summed E-state index contributed by atoms with van der Waals surface area (Å²) in [6.07, 6.45) is 13.5. The summed E-state index contributed by atoms with van der Waals surface area (Å²) in [5, 5.41) is 6.94. The second kappa shape index (κ2) is 11.4. The van der Waals surface area contributed by atoms with Gasteiger partial charge in [0.15, 0.2) is 5.96 Å². The van der Waals surface area contributed by atoms with Crippen LogP contribution >= 0.6 is 24.0 Å². The Morgan fingerprint density at radius 2 is 2.11 bits per heavy atom. The van der Waals surface area contributed by atoms with Crippen molar-refractivity contribution in [2.75, 3.05) is 27.3 Å². The summed E-state index contributed by atoms with van der Waals surface area (Å²) in [6.45, 7) is 2.45. The number of hydrogen-bond donors (Lipinski definition) is 2. The largest absolute Gasteiger partial charge is 0.385 e. The molecule has 0 unspecified atom stereocenters. The lowest BCUT2D eigenvalue weighted by Crippen LogP contribution is -2.43. The highest BCUT2D eigenvalue weighted by molar-refractivity contribution is 14.0. The van der Waals surface area contributed by atoms with Gasteiger partial charge in [-0.05, 0) is 42.4 Å². The molecule has 0 atom stereocenters. The van der Waals surface area contributed by atoms with E-state index >= 15 is 0 Å². The minimum Gasteiger partial charge on any atom is -0.385 e. The molecule has 2 heterocycles. The van der Waals surface area contributed by atoms with Gasteiger partial charge in [0.1, 0.15) is 12.1 Å². The first-order chi connectivity index (χ1) is 13.2. The third-order valence-electron chi connectivity index (χ3n) is 5.39. The van der Waals surface area contributed by atoms with E-state index in [0.29, 0.717) is 12.0 Å². The fourth-order valence-corrected chi connectivity index (χ4v) is 3.74. The molecule has 3 rings (SSSR count). The number of aromatic nitrogens is 3. The maximum Gasteiger partial charge on any atom is 0.191 e. The van der Waals surface area contributed by atoms with Gasteiger partial charge in [-0.15, -0.1) is 24.0 Å². The Hall–Kier alpha value is -1.68. The number of hydrogen-bond acceptors (Lipinski definition) is 4. The maximum atomic E-state index is 5.32. The van der Waals surface area contributed by atoms with E-state index in [1.54, 1.807) is 19.6 Å². The lowest BCUT2D eigenvalue weighted by Gasteiger charge is -2.30. The zero-order valence-electron chi connectivity index (χ0n) is 16.7. The fraction of sp³-hybridized carbons (Fsp3) is 0.550. The van der Waals surface area contributed by atoms with Gasteiger partial charge in [-0.1, -0.05) is 12.8 Å². The zero-order chi connectivity index (χ0) is 19.0. The summed E-state index contributed by atoms with van der Waals surface area (Å²) in [5.74, 6) is 1.69. The van der Waals surface area contributed by atoms with Crippen molar-refractivity contribution in [3.8, 4) is 5.82 Å². The number of methoxy groups -OCH3 is 1. The van der Waals surface area contributed by atoms with Crippen LogP contribution < -0.4 is 10.6 Å². The van der Waals surface area contributed by atoms with Crippen molar-refractivity contribution in [2.24, 2.45) is 10.4 Å². The van der Waals surface area contributed by atoms with Gasteiger partial charge in [0.05, 0.1) is 0 Å². The Labute approximate surface area is 184 Å². The summed E-state index contributed by atoms with van der Waals surface area (Å²) in [6, 6.07) is 4.07. The van der Waals surface area contributed by atoms with Gasteiger partial charge in [0, 0.05) is 52.4 Å². The highest BCUT2D eigenvalue weighted by Crippen LogP contribution is 2.40. The molecule has 0 spiro atoms. The van der Waals surface area contributed by atoms with Crippen LogP contribution in [0.4, 0.5) is 0 Å². The molecule has 2 aromatic heterocycles. The average molecular weight is 498 g/mol. The highest BCUT2D eigenvalue weighted by atomic mass is 127. The van der Waals surface area contributed by atoms with E-state index in [1.165, 1.54) is 25.7 Å². The summed E-state index contributed by atoms with van der Waals surface area (Å²) in [5.41, 5.74) is 1.48. The number of guanidine groups is 1. The first kappa shape index (κ1) is 22.6. The van der Waals surface area contributed by atoms with Gasteiger partial charge in [-0.2, -0.15) is 0 Å². The van der Waals surface area contributed by atoms with Crippen molar-refractivity contribution in [3.05, 3.63) is 42.6 Å². The molecular formula is C20H31IN6O. The van der Waals surface area contributed by atoms with Crippen LogP contribution in [0.15, 0.2) is 42.0 Å². The normalized spacial score (nSPS) is 15.9. The second-order valence-corrected chi connectivity index (χ2v) is 7.22. The maximum absolute atomic E-state index is 5.32. The second-order valence-electron chi connectivity index (χ2n) is 7.22. The van der Waals surface area contributed by atoms with Crippen LogP contribution in [0, 0.1) is 5.41 Å². The van der Waals surface area contributed by atoms with Gasteiger partial charge in [0.2, 0.25) is 0 Å². The van der Waals surface area contributed by atoms with Crippen LogP contribution in [0.1, 0.15) is 37.7 Å². The van der Waals surface area contributed by atoms with Crippen LogP contribution in [0.2, 0.25) is 0 Å². The summed E-state index contributed by atoms with van der Waals surface area (Å²) < 4.78 is 7.22. The van der Waals surface area contributed by atoms with E-state index in [0.717, 1.165) is 36.9 Å². The number of aliphatic imine (C=N–C) groups is 1. The molecule has 28 heavy (non-hydrogen) atoms. The Morgan fingerprint density at radius 1 is 1.29 bits per heavy atom. The van der Waals surface area contributed by atoms with E-state index in [1.807, 2.05) is 30.1 Å². The molecule has 0 aromatic carbocycles. The number of nitrogens with one attached hydrogen (secondary N) is 2. The van der Waals surface area contributed by atoms with Gasteiger partial charge in [-0.25, -0.2) is 9.97 Å². The number of imidazole rings is 1. The Kier molecular flexibility index (Phi) is 9.17. The first-order valence-electron chi connectivity index (χ1n) is 9.61. The Balaban J connectivity index is 0.00000280.